The molecular formula is C25H32N2O4S. The Morgan fingerprint density at radius 3 is 2.25 bits per heavy atom. The van der Waals surface area contributed by atoms with E-state index in [9.17, 15) is 13.2 Å². The molecule has 2 aromatic carbocycles. The van der Waals surface area contributed by atoms with E-state index in [2.05, 4.69) is 0 Å². The highest BCUT2D eigenvalue weighted by Gasteiger charge is 2.31. The summed E-state index contributed by atoms with van der Waals surface area (Å²) >= 11 is 0. The average Bonchev–Trinajstić information content (AvgIpc) is 2.82. The molecule has 1 heterocycles. The molecule has 1 saturated heterocycles. The number of fused-ring (bicyclic) bond motifs is 1. The first kappa shape index (κ1) is 23.0. The van der Waals surface area contributed by atoms with Gasteiger partial charge in [0.25, 0.3) is 5.91 Å². The van der Waals surface area contributed by atoms with Crippen LogP contribution in [0.3, 0.4) is 0 Å². The number of nitrogens with zero attached hydrogens (tertiary/aromatic N) is 2. The van der Waals surface area contributed by atoms with Crippen LogP contribution in [0.5, 0.6) is 0 Å². The number of hydrogen-bond donors (Lipinski definition) is 0. The summed E-state index contributed by atoms with van der Waals surface area (Å²) in [6.07, 6.45) is 4.42. The van der Waals surface area contributed by atoms with Crippen LogP contribution < -0.4 is 0 Å². The SMILES string of the molecule is CC(C)OCc1ccc(C(=O)N2CCN(S(=O)(=O)c3ccc4c(c3)CCCC4)CC2)cc1. The molecule has 172 valence electrons. The summed E-state index contributed by atoms with van der Waals surface area (Å²) in [7, 11) is -3.55. The van der Waals surface area contributed by atoms with Crippen molar-refractivity contribution in [3.8, 4) is 0 Å². The van der Waals surface area contributed by atoms with Gasteiger partial charge in [0.2, 0.25) is 10.0 Å². The van der Waals surface area contributed by atoms with Crippen molar-refractivity contribution in [3.05, 3.63) is 64.7 Å². The lowest BCUT2D eigenvalue weighted by Crippen LogP contribution is -2.50. The largest absolute Gasteiger partial charge is 0.374 e. The molecule has 1 fully saturated rings. The Balaban J connectivity index is 1.37. The van der Waals surface area contributed by atoms with Crippen molar-refractivity contribution in [3.63, 3.8) is 0 Å². The molecule has 1 aliphatic carbocycles. The molecule has 6 nitrogen and oxygen atoms in total. The number of sulfonamides is 1. The monoisotopic (exact) mass is 456 g/mol. The summed E-state index contributed by atoms with van der Waals surface area (Å²) in [6, 6.07) is 13.0. The maximum Gasteiger partial charge on any atom is 0.253 e. The normalized spacial score (nSPS) is 17.4. The first-order valence-electron chi connectivity index (χ1n) is 11.5. The van der Waals surface area contributed by atoms with E-state index in [1.807, 2.05) is 50.2 Å². The van der Waals surface area contributed by atoms with Crippen LogP contribution in [-0.4, -0.2) is 55.8 Å². The van der Waals surface area contributed by atoms with Gasteiger partial charge in [0, 0.05) is 31.7 Å². The number of benzene rings is 2. The van der Waals surface area contributed by atoms with Gasteiger partial charge in [-0.25, -0.2) is 8.42 Å². The smallest absolute Gasteiger partial charge is 0.253 e. The third-order valence-corrected chi connectivity index (χ3v) is 8.16. The van der Waals surface area contributed by atoms with Gasteiger partial charge in [-0.05, 0) is 80.5 Å². The highest BCUT2D eigenvalue weighted by Crippen LogP contribution is 2.26. The lowest BCUT2D eigenvalue weighted by molar-refractivity contribution is 0.0654. The minimum Gasteiger partial charge on any atom is -0.374 e. The summed E-state index contributed by atoms with van der Waals surface area (Å²) < 4.78 is 33.5. The molecule has 0 bridgehead atoms. The summed E-state index contributed by atoms with van der Waals surface area (Å²) in [5, 5.41) is 0. The third kappa shape index (κ3) is 5.05. The Morgan fingerprint density at radius 1 is 0.938 bits per heavy atom. The molecule has 0 saturated carbocycles. The van der Waals surface area contributed by atoms with Gasteiger partial charge >= 0.3 is 0 Å². The van der Waals surface area contributed by atoms with Gasteiger partial charge in [0.05, 0.1) is 17.6 Å². The Bertz CT molecular complexity index is 1060. The van der Waals surface area contributed by atoms with Crippen molar-refractivity contribution in [1.82, 2.24) is 9.21 Å². The van der Waals surface area contributed by atoms with E-state index in [1.165, 1.54) is 16.3 Å². The van der Waals surface area contributed by atoms with Crippen molar-refractivity contribution in [1.29, 1.82) is 0 Å². The Labute approximate surface area is 191 Å². The topological polar surface area (TPSA) is 66.9 Å². The van der Waals surface area contributed by atoms with Crippen LogP contribution in [0.25, 0.3) is 0 Å². The molecule has 0 unspecified atom stereocenters. The number of hydrogen-bond acceptors (Lipinski definition) is 4. The second kappa shape index (κ2) is 9.73. The second-order valence-corrected chi connectivity index (χ2v) is 10.8. The van der Waals surface area contributed by atoms with E-state index in [0.29, 0.717) is 43.2 Å². The summed E-state index contributed by atoms with van der Waals surface area (Å²) in [6.45, 7) is 5.90. The van der Waals surface area contributed by atoms with Crippen molar-refractivity contribution in [2.24, 2.45) is 0 Å². The number of amides is 1. The van der Waals surface area contributed by atoms with Gasteiger partial charge in [-0.15, -0.1) is 0 Å². The lowest BCUT2D eigenvalue weighted by Gasteiger charge is -2.34. The number of carbonyl (C=O) groups excluding carboxylic acids is 1. The quantitative estimate of drug-likeness (QED) is 0.666. The summed E-state index contributed by atoms with van der Waals surface area (Å²) in [5.41, 5.74) is 4.07. The number of piperazine rings is 1. The van der Waals surface area contributed by atoms with Crippen LogP contribution >= 0.6 is 0 Å². The highest BCUT2D eigenvalue weighted by atomic mass is 32.2. The second-order valence-electron chi connectivity index (χ2n) is 8.89. The fourth-order valence-electron chi connectivity index (χ4n) is 4.34. The summed E-state index contributed by atoms with van der Waals surface area (Å²) in [5.74, 6) is -0.0628. The molecule has 0 radical (unpaired) electrons. The third-order valence-electron chi connectivity index (χ3n) is 6.27. The molecule has 0 aromatic heterocycles. The molecule has 1 amide bonds. The van der Waals surface area contributed by atoms with Crippen LogP contribution in [-0.2, 0) is 34.2 Å². The van der Waals surface area contributed by atoms with E-state index in [0.717, 1.165) is 30.4 Å². The fraction of sp³-hybridized carbons (Fsp3) is 0.480. The van der Waals surface area contributed by atoms with Gasteiger partial charge in [-0.2, -0.15) is 4.31 Å². The first-order chi connectivity index (χ1) is 15.3. The fourth-order valence-corrected chi connectivity index (χ4v) is 5.81. The number of rotatable bonds is 6. The van der Waals surface area contributed by atoms with Gasteiger partial charge in [-0.3, -0.25) is 4.79 Å². The van der Waals surface area contributed by atoms with Crippen LogP contribution in [0, 0.1) is 0 Å². The predicted molar refractivity (Wildman–Crippen MR) is 124 cm³/mol. The molecular weight excluding hydrogens is 424 g/mol. The molecule has 7 heteroatoms. The standard InChI is InChI=1S/C25H32N2O4S/c1-19(2)31-18-20-7-9-22(10-8-20)25(28)26-13-15-27(16-14-26)32(29,30)24-12-11-21-5-3-4-6-23(21)17-24/h7-12,17,19H,3-6,13-16,18H2,1-2H3. The Morgan fingerprint density at radius 2 is 1.59 bits per heavy atom. The molecule has 2 aromatic rings. The molecule has 0 spiro atoms. The van der Waals surface area contributed by atoms with Crippen LogP contribution in [0.15, 0.2) is 47.4 Å². The van der Waals surface area contributed by atoms with Crippen LogP contribution in [0.4, 0.5) is 0 Å². The van der Waals surface area contributed by atoms with Crippen molar-refractivity contribution in [2.45, 2.75) is 57.1 Å². The molecule has 2 aliphatic rings. The minimum atomic E-state index is -3.55. The zero-order chi connectivity index (χ0) is 22.7. The van der Waals surface area contributed by atoms with E-state index >= 15 is 0 Å². The molecule has 32 heavy (non-hydrogen) atoms. The van der Waals surface area contributed by atoms with Crippen molar-refractivity contribution >= 4 is 15.9 Å². The van der Waals surface area contributed by atoms with Crippen LogP contribution in [0.1, 0.15) is 53.7 Å². The molecule has 4 rings (SSSR count). The van der Waals surface area contributed by atoms with Gasteiger partial charge in [0.15, 0.2) is 0 Å². The minimum absolute atomic E-state index is 0.0628. The Kier molecular flexibility index (Phi) is 6.98. The van der Waals surface area contributed by atoms with E-state index < -0.39 is 10.0 Å². The predicted octanol–water partition coefficient (Wildman–Crippen LogP) is 3.64. The van der Waals surface area contributed by atoms with E-state index in [4.69, 9.17) is 4.74 Å². The maximum atomic E-state index is 13.2. The summed E-state index contributed by atoms with van der Waals surface area (Å²) in [4.78, 5) is 15.0. The zero-order valence-electron chi connectivity index (χ0n) is 18.9. The van der Waals surface area contributed by atoms with Crippen molar-refractivity contribution in [2.75, 3.05) is 26.2 Å². The van der Waals surface area contributed by atoms with Crippen LogP contribution in [0.2, 0.25) is 0 Å². The highest BCUT2D eigenvalue weighted by molar-refractivity contribution is 7.89. The first-order valence-corrected chi connectivity index (χ1v) is 12.9. The molecule has 1 aliphatic heterocycles. The average molecular weight is 457 g/mol. The number of aryl methyl sites for hydroxylation is 2. The van der Waals surface area contributed by atoms with Gasteiger partial charge in [-0.1, -0.05) is 18.2 Å². The molecule has 0 atom stereocenters. The lowest BCUT2D eigenvalue weighted by atomic mass is 9.92. The van der Waals surface area contributed by atoms with Gasteiger partial charge in [0.1, 0.15) is 0 Å². The number of carbonyl (C=O) groups is 1. The molecule has 0 N–H and O–H groups in total. The maximum absolute atomic E-state index is 13.2. The van der Waals surface area contributed by atoms with E-state index in [1.54, 1.807) is 11.0 Å². The van der Waals surface area contributed by atoms with Crippen molar-refractivity contribution < 1.29 is 17.9 Å². The van der Waals surface area contributed by atoms with Gasteiger partial charge < -0.3 is 9.64 Å². The van der Waals surface area contributed by atoms with E-state index in [-0.39, 0.29) is 12.0 Å². The zero-order valence-corrected chi connectivity index (χ0v) is 19.7. The Hall–Kier alpha value is -2.22. The number of ether oxygens (including phenoxy) is 1.